The fourth-order valence-corrected chi connectivity index (χ4v) is 3.37. The van der Waals surface area contributed by atoms with E-state index in [2.05, 4.69) is 4.90 Å². The average Bonchev–Trinajstić information content (AvgIpc) is 2.71. The van der Waals surface area contributed by atoms with Gasteiger partial charge in [-0.2, -0.15) is 17.0 Å². The maximum absolute atomic E-state index is 12.2. The molecule has 0 amide bonds. The summed E-state index contributed by atoms with van der Waals surface area (Å²) in [6.45, 7) is 1.42. The van der Waals surface area contributed by atoms with Crippen LogP contribution in [-0.2, 0) is 15.0 Å². The van der Waals surface area contributed by atoms with Gasteiger partial charge in [-0.1, -0.05) is 0 Å². The lowest BCUT2D eigenvalue weighted by Crippen LogP contribution is -2.45. The molecule has 0 saturated carbocycles. The van der Waals surface area contributed by atoms with Crippen molar-refractivity contribution >= 4 is 16.2 Å². The van der Waals surface area contributed by atoms with Gasteiger partial charge in [0.1, 0.15) is 0 Å². The van der Waals surface area contributed by atoms with Gasteiger partial charge in [-0.15, -0.1) is 0 Å². The molecule has 1 rings (SSSR count). The average molecular weight is 293 g/mol. The van der Waals surface area contributed by atoms with Gasteiger partial charge in [-0.05, 0) is 26.4 Å². The maximum Gasteiger partial charge on any atom is 0.304 e. The minimum absolute atomic E-state index is 0.0114. The Hall–Kier alpha value is -0.700. The first-order valence-electron chi connectivity index (χ1n) is 6.34. The van der Waals surface area contributed by atoms with Crippen LogP contribution in [-0.4, -0.2) is 79.8 Å². The molecule has 1 atom stereocenters. The Morgan fingerprint density at radius 3 is 2.47 bits per heavy atom. The lowest BCUT2D eigenvalue weighted by molar-refractivity contribution is -0.137. The van der Waals surface area contributed by atoms with Gasteiger partial charge in [0.05, 0.1) is 6.42 Å². The highest BCUT2D eigenvalue weighted by Crippen LogP contribution is 2.17. The fourth-order valence-electron chi connectivity index (χ4n) is 2.21. The Bertz CT molecular complexity index is 412. The minimum atomic E-state index is -3.57. The van der Waals surface area contributed by atoms with Crippen LogP contribution in [0.3, 0.4) is 0 Å². The van der Waals surface area contributed by atoms with Crippen LogP contribution >= 0.6 is 0 Å². The van der Waals surface area contributed by atoms with Gasteiger partial charge < -0.3 is 10.0 Å². The predicted octanol–water partition coefficient (Wildman–Crippen LogP) is -0.336. The lowest BCUT2D eigenvalue weighted by Gasteiger charge is -2.28. The topological polar surface area (TPSA) is 81.2 Å². The molecular weight excluding hydrogens is 270 g/mol. The highest BCUT2D eigenvalue weighted by Gasteiger charge is 2.29. The zero-order chi connectivity index (χ0) is 14.6. The van der Waals surface area contributed by atoms with E-state index >= 15 is 0 Å². The molecule has 0 radical (unpaired) electrons. The number of rotatable bonds is 7. The fraction of sp³-hybridized carbons (Fsp3) is 0.909. The molecule has 0 aromatic heterocycles. The van der Waals surface area contributed by atoms with E-state index in [1.807, 2.05) is 7.05 Å². The van der Waals surface area contributed by atoms with Crippen molar-refractivity contribution in [2.45, 2.75) is 25.3 Å². The van der Waals surface area contributed by atoms with Gasteiger partial charge >= 0.3 is 5.97 Å². The van der Waals surface area contributed by atoms with Gasteiger partial charge in [0.2, 0.25) is 0 Å². The molecule has 0 bridgehead atoms. The third kappa shape index (κ3) is 4.41. The molecule has 1 aliphatic heterocycles. The largest absolute Gasteiger partial charge is 0.481 e. The van der Waals surface area contributed by atoms with E-state index in [1.54, 1.807) is 7.05 Å². The molecule has 112 valence electrons. The number of nitrogens with zero attached hydrogens (tertiary/aromatic N) is 3. The van der Waals surface area contributed by atoms with E-state index in [1.165, 1.54) is 11.4 Å². The molecule has 8 heteroatoms. The molecule has 7 nitrogen and oxygen atoms in total. The summed E-state index contributed by atoms with van der Waals surface area (Å²) in [5.41, 5.74) is 0. The Morgan fingerprint density at radius 2 is 2.00 bits per heavy atom. The Labute approximate surface area is 115 Å². The van der Waals surface area contributed by atoms with E-state index < -0.39 is 16.2 Å². The molecule has 0 aliphatic carbocycles. The van der Waals surface area contributed by atoms with Crippen molar-refractivity contribution in [2.75, 3.05) is 40.8 Å². The van der Waals surface area contributed by atoms with Crippen molar-refractivity contribution < 1.29 is 18.3 Å². The summed E-state index contributed by atoms with van der Waals surface area (Å²) in [4.78, 5) is 12.6. The molecule has 1 fully saturated rings. The quantitative estimate of drug-likeness (QED) is 0.695. The summed E-state index contributed by atoms with van der Waals surface area (Å²) in [6, 6.07) is 0.243. The number of carboxylic acid groups (broad SMARTS) is 1. The first kappa shape index (κ1) is 16.4. The monoisotopic (exact) mass is 293 g/mol. The summed E-state index contributed by atoms with van der Waals surface area (Å²) >= 11 is 0. The number of aliphatic carboxylic acids is 1. The summed E-state index contributed by atoms with van der Waals surface area (Å²) in [6.07, 6.45) is 1.89. The van der Waals surface area contributed by atoms with Crippen molar-refractivity contribution in [3.63, 3.8) is 0 Å². The molecule has 0 spiro atoms. The van der Waals surface area contributed by atoms with Crippen molar-refractivity contribution in [3.8, 4) is 0 Å². The van der Waals surface area contributed by atoms with Crippen LogP contribution in [0.4, 0.5) is 0 Å². The van der Waals surface area contributed by atoms with E-state index in [4.69, 9.17) is 5.11 Å². The predicted molar refractivity (Wildman–Crippen MR) is 72.1 cm³/mol. The van der Waals surface area contributed by atoms with E-state index in [9.17, 15) is 13.2 Å². The van der Waals surface area contributed by atoms with Crippen LogP contribution in [0.5, 0.6) is 0 Å². The van der Waals surface area contributed by atoms with Crippen molar-refractivity contribution in [2.24, 2.45) is 0 Å². The SMILES string of the molecule is CN1CCCC1CN(C)S(=O)(=O)N(C)CCC(=O)O. The first-order valence-corrected chi connectivity index (χ1v) is 7.74. The smallest absolute Gasteiger partial charge is 0.304 e. The molecule has 1 heterocycles. The van der Waals surface area contributed by atoms with E-state index in [0.717, 1.165) is 23.7 Å². The third-order valence-electron chi connectivity index (χ3n) is 3.57. The molecule has 0 aromatic rings. The van der Waals surface area contributed by atoms with Crippen molar-refractivity contribution in [3.05, 3.63) is 0 Å². The summed E-state index contributed by atoms with van der Waals surface area (Å²) < 4.78 is 26.8. The van der Waals surface area contributed by atoms with Crippen LogP contribution in [0, 0.1) is 0 Å². The van der Waals surface area contributed by atoms with E-state index in [0.29, 0.717) is 6.54 Å². The second-order valence-corrected chi connectivity index (χ2v) is 7.17. The van der Waals surface area contributed by atoms with E-state index in [-0.39, 0.29) is 19.0 Å². The normalized spacial score (nSPS) is 21.4. The van der Waals surface area contributed by atoms with Gasteiger partial charge in [0.15, 0.2) is 0 Å². The number of carbonyl (C=O) groups is 1. The molecule has 1 N–H and O–H groups in total. The Balaban J connectivity index is 2.57. The molecule has 0 aromatic carbocycles. The molecule has 1 aliphatic rings. The lowest BCUT2D eigenvalue weighted by atomic mass is 10.2. The highest BCUT2D eigenvalue weighted by atomic mass is 32.2. The summed E-state index contributed by atoms with van der Waals surface area (Å²) in [5, 5.41) is 8.59. The van der Waals surface area contributed by atoms with Gasteiger partial charge in [-0.25, -0.2) is 0 Å². The Kier molecular flexibility index (Phi) is 5.72. The minimum Gasteiger partial charge on any atom is -0.481 e. The zero-order valence-corrected chi connectivity index (χ0v) is 12.6. The van der Waals surface area contributed by atoms with Crippen LogP contribution in [0.2, 0.25) is 0 Å². The number of likely N-dealkylation sites (tertiary alicyclic amines) is 1. The highest BCUT2D eigenvalue weighted by molar-refractivity contribution is 7.86. The maximum atomic E-state index is 12.2. The number of hydrogen-bond donors (Lipinski definition) is 1. The molecular formula is C11H23N3O4S. The first-order chi connectivity index (χ1) is 8.75. The Morgan fingerprint density at radius 1 is 1.37 bits per heavy atom. The van der Waals surface area contributed by atoms with Crippen LogP contribution in [0.25, 0.3) is 0 Å². The van der Waals surface area contributed by atoms with Gasteiger partial charge in [0, 0.05) is 33.2 Å². The third-order valence-corrected chi connectivity index (χ3v) is 5.47. The van der Waals surface area contributed by atoms with Crippen LogP contribution in [0.1, 0.15) is 19.3 Å². The number of likely N-dealkylation sites (N-methyl/N-ethyl adjacent to an activating group) is 2. The van der Waals surface area contributed by atoms with Crippen LogP contribution in [0.15, 0.2) is 0 Å². The zero-order valence-electron chi connectivity index (χ0n) is 11.7. The summed E-state index contributed by atoms with van der Waals surface area (Å²) in [5.74, 6) is -1.000. The van der Waals surface area contributed by atoms with Crippen molar-refractivity contribution in [1.29, 1.82) is 0 Å². The molecule has 19 heavy (non-hydrogen) atoms. The van der Waals surface area contributed by atoms with Crippen molar-refractivity contribution in [1.82, 2.24) is 13.5 Å². The number of hydrogen-bond acceptors (Lipinski definition) is 4. The van der Waals surface area contributed by atoms with Crippen LogP contribution < -0.4 is 0 Å². The van der Waals surface area contributed by atoms with Gasteiger partial charge in [0.25, 0.3) is 10.2 Å². The molecule has 1 unspecified atom stereocenters. The standard InChI is InChI=1S/C11H23N3O4S/c1-12-7-4-5-10(12)9-14(3)19(17,18)13(2)8-6-11(15)16/h10H,4-9H2,1-3H3,(H,15,16). The van der Waals surface area contributed by atoms with Gasteiger partial charge in [-0.3, -0.25) is 4.79 Å². The second kappa shape index (κ2) is 6.65. The number of carboxylic acids is 1. The summed E-state index contributed by atoms with van der Waals surface area (Å²) in [7, 11) is 1.37. The second-order valence-electron chi connectivity index (χ2n) is 5.03. The molecule has 1 saturated heterocycles.